The Morgan fingerprint density at radius 2 is 2.67 bits per heavy atom. The molecule has 0 saturated carbocycles. The van der Waals surface area contributed by atoms with Gasteiger partial charge in [0.2, 0.25) is 0 Å². The maximum Gasteiger partial charge on any atom is 0.153 e. The molecule has 1 aliphatic rings. The van der Waals surface area contributed by atoms with E-state index in [4.69, 9.17) is 0 Å². The molecule has 0 bridgehead atoms. The summed E-state index contributed by atoms with van der Waals surface area (Å²) in [5.41, 5.74) is 0. The fraction of sp³-hybridized carbons (Fsp3) is 0.500. The van der Waals surface area contributed by atoms with E-state index in [9.17, 15) is 4.79 Å². The van der Waals surface area contributed by atoms with Gasteiger partial charge >= 0.3 is 0 Å². The van der Waals surface area contributed by atoms with E-state index in [1.165, 1.54) is 11.8 Å². The number of carbonyl (C=O) groups is 1. The third-order valence-corrected chi connectivity index (χ3v) is 1.40. The lowest BCUT2D eigenvalue weighted by molar-refractivity contribution is -0.114. The van der Waals surface area contributed by atoms with Crippen LogP contribution in [0.3, 0.4) is 0 Å². The van der Waals surface area contributed by atoms with Gasteiger partial charge in [0.05, 0.1) is 0 Å². The average molecular weight is 100 g/mol. The summed E-state index contributed by atoms with van der Waals surface area (Å²) in [5.74, 6) is 3.71. The Morgan fingerprint density at radius 3 is 2.83 bits per heavy atom. The molecule has 2 radical (unpaired) electrons. The van der Waals surface area contributed by atoms with Crippen molar-refractivity contribution in [1.82, 2.24) is 0 Å². The van der Waals surface area contributed by atoms with Gasteiger partial charge in [-0.15, -0.1) is 11.8 Å². The number of thioether (sulfide) groups is 1. The quantitative estimate of drug-likeness (QED) is 0.446. The van der Waals surface area contributed by atoms with Gasteiger partial charge in [-0.3, -0.25) is 4.79 Å². The maximum absolute atomic E-state index is 10.1. The molecule has 32 valence electrons. The molecule has 2 heteroatoms. The Kier molecular flexibility index (Phi) is 1.15. The zero-order chi connectivity index (χ0) is 4.41. The molecule has 0 amide bonds. The van der Waals surface area contributed by atoms with Crippen LogP contribution in [0.2, 0.25) is 0 Å². The van der Waals surface area contributed by atoms with Gasteiger partial charge in [-0.05, 0) is 0 Å². The van der Waals surface area contributed by atoms with Crippen LogP contribution in [0, 0.1) is 5.75 Å². The van der Waals surface area contributed by atoms with Gasteiger partial charge in [-0.1, -0.05) is 0 Å². The van der Waals surface area contributed by atoms with E-state index in [1.54, 1.807) is 0 Å². The van der Waals surface area contributed by atoms with E-state index in [0.29, 0.717) is 6.42 Å². The molecule has 0 N–H and O–H groups in total. The van der Waals surface area contributed by atoms with Crippen molar-refractivity contribution in [2.45, 2.75) is 6.42 Å². The van der Waals surface area contributed by atoms with Crippen molar-refractivity contribution >= 4 is 17.5 Å². The minimum Gasteiger partial charge on any atom is -0.298 e. The maximum atomic E-state index is 10.1. The SMILES string of the molecule is O=C1[C]SCC1. The van der Waals surface area contributed by atoms with Crippen LogP contribution in [0.4, 0.5) is 0 Å². The van der Waals surface area contributed by atoms with Crippen molar-refractivity contribution in [1.29, 1.82) is 0 Å². The molecule has 1 heterocycles. The van der Waals surface area contributed by atoms with Crippen molar-refractivity contribution in [2.75, 3.05) is 5.75 Å². The van der Waals surface area contributed by atoms with E-state index in [1.807, 2.05) is 0 Å². The van der Waals surface area contributed by atoms with Gasteiger partial charge in [-0.2, -0.15) is 0 Å². The van der Waals surface area contributed by atoms with Crippen LogP contribution in [0.25, 0.3) is 0 Å². The summed E-state index contributed by atoms with van der Waals surface area (Å²) >= 11 is 1.48. The average Bonchev–Trinajstić information content (AvgIpc) is 1.86. The Bertz CT molecular complexity index is 61.9. The van der Waals surface area contributed by atoms with Crippen LogP contribution in [0.5, 0.6) is 0 Å². The number of hydrogen-bond donors (Lipinski definition) is 0. The number of ketones is 1. The predicted molar refractivity (Wildman–Crippen MR) is 25.3 cm³/mol. The fourth-order valence-corrected chi connectivity index (χ4v) is 0.979. The third-order valence-electron chi connectivity index (χ3n) is 0.617. The molecule has 0 aromatic heterocycles. The van der Waals surface area contributed by atoms with Gasteiger partial charge < -0.3 is 0 Å². The third kappa shape index (κ3) is 0.744. The number of rotatable bonds is 0. The lowest BCUT2D eigenvalue weighted by atomic mass is 10.4. The Hall–Kier alpha value is 0.0200. The van der Waals surface area contributed by atoms with Crippen molar-refractivity contribution in [3.8, 4) is 0 Å². The van der Waals surface area contributed by atoms with Crippen molar-refractivity contribution in [3.63, 3.8) is 0 Å². The highest BCUT2D eigenvalue weighted by Gasteiger charge is 2.09. The largest absolute Gasteiger partial charge is 0.298 e. The normalized spacial score (nSPS) is 22.3. The molecule has 0 aromatic carbocycles. The van der Waals surface area contributed by atoms with Gasteiger partial charge in [0.1, 0.15) is 5.75 Å². The van der Waals surface area contributed by atoms with Crippen LogP contribution in [-0.4, -0.2) is 11.5 Å². The summed E-state index contributed by atoms with van der Waals surface area (Å²) in [6.45, 7) is 0. The molecule has 0 aliphatic carbocycles. The molecular formula is C4H4OS. The van der Waals surface area contributed by atoms with Crippen LogP contribution in [0.1, 0.15) is 6.42 Å². The Morgan fingerprint density at radius 1 is 1.83 bits per heavy atom. The standard InChI is InChI=1S/C4H4OS/c5-4-1-2-6-3-4/h1-2H2. The fourth-order valence-electron chi connectivity index (χ4n) is 0.326. The van der Waals surface area contributed by atoms with E-state index >= 15 is 0 Å². The first-order chi connectivity index (χ1) is 2.89. The summed E-state index contributed by atoms with van der Waals surface area (Å²) in [6, 6.07) is 0. The second-order valence-corrected chi connectivity index (χ2v) is 2.02. The van der Waals surface area contributed by atoms with Crippen molar-refractivity contribution < 1.29 is 4.79 Å². The van der Waals surface area contributed by atoms with E-state index in [-0.39, 0.29) is 5.78 Å². The number of Topliss-reactive ketones (excluding diaryl/α,β-unsaturated/α-hetero) is 1. The molecule has 1 rings (SSSR count). The zero-order valence-electron chi connectivity index (χ0n) is 3.23. The van der Waals surface area contributed by atoms with E-state index in [0.717, 1.165) is 5.75 Å². The summed E-state index contributed by atoms with van der Waals surface area (Å²) in [6.07, 6.45) is 0.699. The molecule has 1 aliphatic heterocycles. The van der Waals surface area contributed by atoms with Crippen LogP contribution >= 0.6 is 11.8 Å². The summed E-state index contributed by atoms with van der Waals surface area (Å²) in [4.78, 5) is 10.1. The minimum atomic E-state index is 0.167. The molecular weight excluding hydrogens is 96.1 g/mol. The number of carbonyl (C=O) groups excluding carboxylic acids is 1. The first kappa shape index (κ1) is 4.19. The van der Waals surface area contributed by atoms with Crippen LogP contribution in [0.15, 0.2) is 0 Å². The molecule has 1 nitrogen and oxygen atoms in total. The topological polar surface area (TPSA) is 17.1 Å². The highest BCUT2D eigenvalue weighted by atomic mass is 32.2. The second-order valence-electron chi connectivity index (χ2n) is 1.12. The second kappa shape index (κ2) is 1.65. The Balaban J connectivity index is 2.37. The molecule has 1 fully saturated rings. The van der Waals surface area contributed by atoms with Crippen LogP contribution in [-0.2, 0) is 4.79 Å². The van der Waals surface area contributed by atoms with Gasteiger partial charge in [0.25, 0.3) is 0 Å². The van der Waals surface area contributed by atoms with Gasteiger partial charge in [0.15, 0.2) is 5.78 Å². The number of hydrogen-bond acceptors (Lipinski definition) is 2. The van der Waals surface area contributed by atoms with Crippen molar-refractivity contribution in [2.24, 2.45) is 0 Å². The van der Waals surface area contributed by atoms with Gasteiger partial charge in [-0.25, -0.2) is 0 Å². The first-order valence-corrected chi connectivity index (χ1v) is 2.79. The zero-order valence-corrected chi connectivity index (χ0v) is 4.05. The molecule has 1 saturated heterocycles. The lowest BCUT2D eigenvalue weighted by Crippen LogP contribution is -1.83. The van der Waals surface area contributed by atoms with Crippen molar-refractivity contribution in [3.05, 3.63) is 5.75 Å². The summed E-state index contributed by atoms with van der Waals surface area (Å²) in [5, 5.41) is 0. The predicted octanol–water partition coefficient (Wildman–Crippen LogP) is 0.731. The summed E-state index contributed by atoms with van der Waals surface area (Å²) < 4.78 is 0. The monoisotopic (exact) mass is 100.0 g/mol. The van der Waals surface area contributed by atoms with E-state index < -0.39 is 0 Å². The molecule has 0 aromatic rings. The van der Waals surface area contributed by atoms with E-state index in [2.05, 4.69) is 5.75 Å². The lowest BCUT2D eigenvalue weighted by Gasteiger charge is -1.68. The summed E-state index contributed by atoms with van der Waals surface area (Å²) in [7, 11) is 0. The first-order valence-electron chi connectivity index (χ1n) is 1.80. The van der Waals surface area contributed by atoms with Gasteiger partial charge in [0, 0.05) is 12.2 Å². The molecule has 6 heavy (non-hydrogen) atoms. The minimum absolute atomic E-state index is 0.167. The molecule has 0 atom stereocenters. The van der Waals surface area contributed by atoms with Crippen LogP contribution < -0.4 is 0 Å². The molecule has 0 spiro atoms. The molecule has 0 unspecified atom stereocenters. The highest BCUT2D eigenvalue weighted by Crippen LogP contribution is 2.16. The highest BCUT2D eigenvalue weighted by molar-refractivity contribution is 8.02. The smallest absolute Gasteiger partial charge is 0.153 e. The Labute approximate surface area is 41.1 Å².